The van der Waals surface area contributed by atoms with E-state index in [1.165, 1.54) is 18.2 Å². The molecule has 0 bridgehead atoms. The highest BCUT2D eigenvalue weighted by Gasteiger charge is 2.25. The Labute approximate surface area is 199 Å². The Morgan fingerprint density at radius 3 is 2.68 bits per heavy atom. The second kappa shape index (κ2) is 8.92. The minimum absolute atomic E-state index is 0.0916. The highest BCUT2D eigenvalue weighted by molar-refractivity contribution is 9.10. The van der Waals surface area contributed by atoms with Crippen LogP contribution in [0.2, 0.25) is 10.0 Å². The molecule has 0 aliphatic carbocycles. The summed E-state index contributed by atoms with van der Waals surface area (Å²) in [6.07, 6.45) is 1.57. The van der Waals surface area contributed by atoms with Crippen molar-refractivity contribution in [2.45, 2.75) is 0 Å². The summed E-state index contributed by atoms with van der Waals surface area (Å²) in [7, 11) is 0. The van der Waals surface area contributed by atoms with Gasteiger partial charge in [0.2, 0.25) is 0 Å². The zero-order valence-corrected chi connectivity index (χ0v) is 19.3. The summed E-state index contributed by atoms with van der Waals surface area (Å²) in [4.78, 5) is 28.3. The van der Waals surface area contributed by atoms with Crippen LogP contribution in [-0.2, 0) is 4.79 Å². The number of thioether (sulfide) groups is 1. The van der Waals surface area contributed by atoms with Crippen LogP contribution >= 0.6 is 50.9 Å². The van der Waals surface area contributed by atoms with Crippen LogP contribution in [0.1, 0.15) is 16.1 Å². The van der Waals surface area contributed by atoms with Crippen molar-refractivity contribution < 1.29 is 19.1 Å². The molecule has 6 nitrogen and oxygen atoms in total. The molecule has 4 rings (SSSR count). The van der Waals surface area contributed by atoms with Crippen LogP contribution in [-0.4, -0.2) is 22.2 Å². The lowest BCUT2D eigenvalue weighted by Gasteiger charge is -2.02. The molecular formula is C21H11BrCl2N2O4S. The number of carbonyl (C=O) groups excluding carboxylic acids is 1. The number of hydrogen-bond acceptors (Lipinski definition) is 5. The Bertz CT molecular complexity index is 1290. The number of hydrogen-bond donors (Lipinski definition) is 2. The van der Waals surface area contributed by atoms with Crippen molar-refractivity contribution in [2.75, 3.05) is 0 Å². The first-order chi connectivity index (χ1) is 14.8. The maximum atomic E-state index is 12.3. The first-order valence-corrected chi connectivity index (χ1v) is 11.0. The first-order valence-electron chi connectivity index (χ1n) is 8.68. The first kappa shape index (κ1) is 21.7. The third kappa shape index (κ3) is 4.88. The van der Waals surface area contributed by atoms with Gasteiger partial charge in [-0.15, -0.1) is 0 Å². The largest absolute Gasteiger partial charge is 0.478 e. The Morgan fingerprint density at radius 2 is 1.94 bits per heavy atom. The fraction of sp³-hybridized carbons (Fsp3) is 0. The topological polar surface area (TPSA) is 91.9 Å². The van der Waals surface area contributed by atoms with Gasteiger partial charge in [-0.3, -0.25) is 4.79 Å². The molecular weight excluding hydrogens is 527 g/mol. The number of furan rings is 1. The van der Waals surface area contributed by atoms with Crippen LogP contribution in [0.5, 0.6) is 0 Å². The maximum absolute atomic E-state index is 12.3. The fourth-order valence-electron chi connectivity index (χ4n) is 2.71. The predicted molar refractivity (Wildman–Crippen MR) is 126 cm³/mol. The lowest BCUT2D eigenvalue weighted by molar-refractivity contribution is -0.115. The third-order valence-electron chi connectivity index (χ3n) is 4.16. The monoisotopic (exact) mass is 536 g/mol. The second-order valence-electron chi connectivity index (χ2n) is 6.28. The van der Waals surface area contributed by atoms with Crippen molar-refractivity contribution in [1.29, 1.82) is 0 Å². The molecule has 10 heteroatoms. The molecule has 1 fully saturated rings. The van der Waals surface area contributed by atoms with Gasteiger partial charge >= 0.3 is 5.97 Å². The van der Waals surface area contributed by atoms with Gasteiger partial charge in [0.15, 0.2) is 5.17 Å². The molecule has 0 unspecified atom stereocenters. The summed E-state index contributed by atoms with van der Waals surface area (Å²) in [5.41, 5.74) is 1.07. The lowest BCUT2D eigenvalue weighted by Crippen LogP contribution is -2.19. The fourth-order valence-corrected chi connectivity index (χ4v) is 4.45. The average Bonchev–Trinajstić information content (AvgIpc) is 3.31. The summed E-state index contributed by atoms with van der Waals surface area (Å²) < 4.78 is 6.59. The molecule has 1 aliphatic rings. The van der Waals surface area contributed by atoms with E-state index >= 15 is 0 Å². The standard InChI is InChI=1S/C21H11BrCl2N2O4S/c22-11-2-5-16(15(24)8-11)25-21-26-19(27)18(31-21)9-12-3-6-17(30-12)13-7-10(20(28)29)1-4-14(13)23/h1-9H,(H,28,29)(H,25,26,27). The van der Waals surface area contributed by atoms with Crippen LogP contribution in [0.3, 0.4) is 0 Å². The van der Waals surface area contributed by atoms with Gasteiger partial charge in [0.05, 0.1) is 26.2 Å². The molecule has 156 valence electrons. The van der Waals surface area contributed by atoms with E-state index in [2.05, 4.69) is 26.2 Å². The summed E-state index contributed by atoms with van der Waals surface area (Å²) in [5.74, 6) is -0.587. The van der Waals surface area contributed by atoms with Gasteiger partial charge in [0, 0.05) is 16.1 Å². The van der Waals surface area contributed by atoms with Gasteiger partial charge in [-0.05, 0) is 60.3 Å². The van der Waals surface area contributed by atoms with E-state index in [-0.39, 0.29) is 11.5 Å². The molecule has 31 heavy (non-hydrogen) atoms. The molecule has 1 amide bonds. The van der Waals surface area contributed by atoms with Gasteiger partial charge in [0.25, 0.3) is 5.91 Å². The highest BCUT2D eigenvalue weighted by atomic mass is 79.9. The van der Waals surface area contributed by atoms with Gasteiger partial charge in [0.1, 0.15) is 11.5 Å². The molecule has 0 spiro atoms. The van der Waals surface area contributed by atoms with Crippen LogP contribution in [0, 0.1) is 0 Å². The van der Waals surface area contributed by atoms with E-state index in [1.54, 1.807) is 36.4 Å². The minimum atomic E-state index is -1.07. The lowest BCUT2D eigenvalue weighted by atomic mass is 10.1. The number of carboxylic acid groups (broad SMARTS) is 1. The molecule has 2 N–H and O–H groups in total. The molecule has 1 saturated heterocycles. The Hall–Kier alpha value is -2.52. The number of halogens is 3. The SMILES string of the molecule is O=C1NC(=Nc2ccc(Br)cc2Cl)SC1=Cc1ccc(-c2cc(C(=O)O)ccc2Cl)o1. The van der Waals surface area contributed by atoms with Crippen molar-refractivity contribution in [3.8, 4) is 11.3 Å². The van der Waals surface area contributed by atoms with Crippen molar-refractivity contribution >= 4 is 79.7 Å². The Balaban J connectivity index is 1.58. The van der Waals surface area contributed by atoms with E-state index in [4.69, 9.17) is 27.6 Å². The van der Waals surface area contributed by atoms with Crippen molar-refractivity contribution in [1.82, 2.24) is 5.32 Å². The van der Waals surface area contributed by atoms with Crippen LogP contribution < -0.4 is 5.32 Å². The van der Waals surface area contributed by atoms with Gasteiger partial charge in [-0.1, -0.05) is 39.1 Å². The predicted octanol–water partition coefficient (Wildman–Crippen LogP) is 6.61. The summed E-state index contributed by atoms with van der Waals surface area (Å²) >= 11 is 16.9. The summed E-state index contributed by atoms with van der Waals surface area (Å²) in [6.45, 7) is 0. The number of amidine groups is 1. The minimum Gasteiger partial charge on any atom is -0.478 e. The van der Waals surface area contributed by atoms with Crippen LogP contribution in [0.25, 0.3) is 17.4 Å². The smallest absolute Gasteiger partial charge is 0.335 e. The third-order valence-corrected chi connectivity index (χ3v) is 6.20. The van der Waals surface area contributed by atoms with E-state index in [1.807, 2.05) is 0 Å². The molecule has 0 saturated carbocycles. The number of benzene rings is 2. The number of nitrogens with one attached hydrogen (secondary N) is 1. The van der Waals surface area contributed by atoms with Crippen LogP contribution in [0.4, 0.5) is 5.69 Å². The summed E-state index contributed by atoms with van der Waals surface area (Å²) in [6, 6.07) is 12.9. The van der Waals surface area contributed by atoms with Crippen LogP contribution in [0.15, 0.2) is 67.3 Å². The van der Waals surface area contributed by atoms with Gasteiger partial charge in [-0.2, -0.15) is 0 Å². The van der Waals surface area contributed by atoms with Crippen molar-refractivity contribution in [3.05, 3.63) is 79.3 Å². The number of nitrogens with zero attached hydrogens (tertiary/aromatic N) is 1. The molecule has 1 aromatic heterocycles. The highest BCUT2D eigenvalue weighted by Crippen LogP contribution is 2.34. The number of carboxylic acids is 1. The Morgan fingerprint density at radius 1 is 1.13 bits per heavy atom. The normalized spacial score (nSPS) is 16.2. The maximum Gasteiger partial charge on any atom is 0.335 e. The zero-order chi connectivity index (χ0) is 22.1. The number of aliphatic imine (C=N–C) groups is 1. The molecule has 2 heterocycles. The molecule has 1 aliphatic heterocycles. The average molecular weight is 538 g/mol. The number of aromatic carboxylic acids is 1. The molecule has 0 radical (unpaired) electrons. The van der Waals surface area contributed by atoms with Gasteiger partial charge in [-0.25, -0.2) is 9.79 Å². The second-order valence-corrected chi connectivity index (χ2v) is 9.04. The summed E-state index contributed by atoms with van der Waals surface area (Å²) in [5, 5.41) is 13.1. The van der Waals surface area contributed by atoms with E-state index in [0.717, 1.165) is 16.2 Å². The van der Waals surface area contributed by atoms with Gasteiger partial charge < -0.3 is 14.8 Å². The van der Waals surface area contributed by atoms with E-state index in [9.17, 15) is 14.7 Å². The van der Waals surface area contributed by atoms with E-state index < -0.39 is 5.97 Å². The number of rotatable bonds is 4. The molecule has 0 atom stereocenters. The zero-order valence-electron chi connectivity index (χ0n) is 15.4. The molecule has 2 aromatic carbocycles. The van der Waals surface area contributed by atoms with Crippen molar-refractivity contribution in [2.24, 2.45) is 4.99 Å². The van der Waals surface area contributed by atoms with Crippen molar-refractivity contribution in [3.63, 3.8) is 0 Å². The number of amides is 1. The number of carbonyl (C=O) groups is 2. The Kier molecular flexibility index (Phi) is 6.24. The quantitative estimate of drug-likeness (QED) is 0.365. The molecule has 3 aromatic rings. The van der Waals surface area contributed by atoms with E-state index in [0.29, 0.717) is 42.9 Å².